The van der Waals surface area contributed by atoms with Crippen LogP contribution in [0.5, 0.6) is 16.7 Å². The molecular formula is C28H24N4O6S2. The first-order valence-corrected chi connectivity index (χ1v) is 13.9. The highest BCUT2D eigenvalue weighted by Crippen LogP contribution is 2.38. The SMILES string of the molecule is COc1cc(OCc2nc(-c3cccc(COC(C)=O)c3)sc2C)c2cc(-c3cn4nc(OC)sc4n3)oc2c1. The van der Waals surface area contributed by atoms with E-state index in [-0.39, 0.29) is 19.2 Å². The van der Waals surface area contributed by atoms with Crippen molar-refractivity contribution in [2.24, 2.45) is 0 Å². The van der Waals surface area contributed by atoms with Crippen molar-refractivity contribution in [1.29, 1.82) is 0 Å². The molecule has 6 aromatic rings. The molecule has 12 heteroatoms. The van der Waals surface area contributed by atoms with Gasteiger partial charge in [0.2, 0.25) is 4.96 Å². The van der Waals surface area contributed by atoms with E-state index >= 15 is 0 Å². The van der Waals surface area contributed by atoms with Gasteiger partial charge in [0, 0.05) is 29.5 Å². The largest absolute Gasteiger partial charge is 0.496 e. The molecule has 4 heterocycles. The lowest BCUT2D eigenvalue weighted by Gasteiger charge is -2.08. The molecule has 40 heavy (non-hydrogen) atoms. The summed E-state index contributed by atoms with van der Waals surface area (Å²) in [6.45, 7) is 3.91. The number of methoxy groups -OCH3 is 2. The Morgan fingerprint density at radius 1 is 1.05 bits per heavy atom. The predicted molar refractivity (Wildman–Crippen MR) is 151 cm³/mol. The Morgan fingerprint density at radius 3 is 2.70 bits per heavy atom. The number of thiazole rings is 1. The summed E-state index contributed by atoms with van der Waals surface area (Å²) in [6, 6.07) is 13.4. The molecule has 0 saturated heterocycles. The summed E-state index contributed by atoms with van der Waals surface area (Å²) in [6.07, 6.45) is 1.80. The second-order valence-corrected chi connectivity index (χ2v) is 11.0. The van der Waals surface area contributed by atoms with E-state index < -0.39 is 0 Å². The zero-order chi connectivity index (χ0) is 27.8. The minimum Gasteiger partial charge on any atom is -0.496 e. The molecule has 0 aliphatic carbocycles. The predicted octanol–water partition coefficient (Wildman–Crippen LogP) is 6.30. The number of esters is 1. The molecule has 0 N–H and O–H groups in total. The number of hydrogen-bond acceptors (Lipinski definition) is 11. The molecule has 0 fully saturated rings. The van der Waals surface area contributed by atoms with Crippen molar-refractivity contribution in [3.8, 4) is 38.7 Å². The molecule has 0 unspecified atom stereocenters. The quantitative estimate of drug-likeness (QED) is 0.183. The fraction of sp³-hybridized carbons (Fsp3) is 0.214. The van der Waals surface area contributed by atoms with E-state index in [1.165, 1.54) is 18.3 Å². The Labute approximate surface area is 236 Å². The lowest BCUT2D eigenvalue weighted by molar-refractivity contribution is -0.142. The van der Waals surface area contributed by atoms with Gasteiger partial charge in [-0.25, -0.2) is 14.5 Å². The van der Waals surface area contributed by atoms with Crippen LogP contribution in [0.4, 0.5) is 0 Å². The number of ether oxygens (including phenoxy) is 4. The van der Waals surface area contributed by atoms with E-state index in [2.05, 4.69) is 10.1 Å². The minimum absolute atomic E-state index is 0.226. The number of fused-ring (bicyclic) bond motifs is 2. The van der Waals surface area contributed by atoms with Crippen molar-refractivity contribution < 1.29 is 28.2 Å². The topological polar surface area (TPSA) is 110 Å². The van der Waals surface area contributed by atoms with E-state index in [9.17, 15) is 4.79 Å². The molecule has 0 aliphatic heterocycles. The number of rotatable bonds is 9. The Balaban J connectivity index is 1.26. The van der Waals surface area contributed by atoms with Gasteiger partial charge < -0.3 is 23.4 Å². The van der Waals surface area contributed by atoms with Crippen LogP contribution in [0, 0.1) is 6.92 Å². The van der Waals surface area contributed by atoms with E-state index in [1.807, 2.05) is 49.4 Å². The summed E-state index contributed by atoms with van der Waals surface area (Å²) >= 11 is 2.93. The van der Waals surface area contributed by atoms with Gasteiger partial charge in [-0.3, -0.25) is 4.79 Å². The monoisotopic (exact) mass is 576 g/mol. The van der Waals surface area contributed by atoms with Crippen LogP contribution in [-0.2, 0) is 22.7 Å². The van der Waals surface area contributed by atoms with Crippen LogP contribution >= 0.6 is 22.7 Å². The van der Waals surface area contributed by atoms with E-state index in [1.54, 1.807) is 36.3 Å². The Hall–Kier alpha value is -4.42. The summed E-state index contributed by atoms with van der Waals surface area (Å²) in [5.41, 5.74) is 3.96. The molecule has 0 aliphatic rings. The van der Waals surface area contributed by atoms with Crippen molar-refractivity contribution in [2.75, 3.05) is 14.2 Å². The van der Waals surface area contributed by atoms with Crippen LogP contribution < -0.4 is 14.2 Å². The second-order valence-electron chi connectivity index (χ2n) is 8.86. The molecule has 10 nitrogen and oxygen atoms in total. The van der Waals surface area contributed by atoms with Crippen LogP contribution in [0.2, 0.25) is 0 Å². The fourth-order valence-corrected chi connectivity index (χ4v) is 5.75. The standard InChI is InChI=1S/C28H24N4O6S2/c1-15-22(29-26(39-15)18-7-5-6-17(8-18)13-36-16(2)33)14-37-23-9-19(34-3)10-24-20(23)11-25(38-24)21-12-32-27(30-21)40-28(31-32)35-4/h5-12H,13-14H2,1-4H3. The molecule has 6 rings (SSSR count). The van der Waals surface area contributed by atoms with Crippen molar-refractivity contribution in [2.45, 2.75) is 27.1 Å². The van der Waals surface area contributed by atoms with Gasteiger partial charge in [-0.05, 0) is 36.0 Å². The van der Waals surface area contributed by atoms with Gasteiger partial charge in [-0.1, -0.05) is 18.2 Å². The van der Waals surface area contributed by atoms with Gasteiger partial charge in [0.05, 0.1) is 31.5 Å². The van der Waals surface area contributed by atoms with Crippen LogP contribution in [0.25, 0.3) is 38.0 Å². The lowest BCUT2D eigenvalue weighted by atomic mass is 10.1. The van der Waals surface area contributed by atoms with Gasteiger partial charge in [-0.15, -0.1) is 16.4 Å². The Bertz CT molecular complexity index is 1820. The molecule has 204 valence electrons. The number of benzene rings is 2. The fourth-order valence-electron chi connectivity index (χ4n) is 4.14. The highest BCUT2D eigenvalue weighted by atomic mass is 32.1. The lowest BCUT2D eigenvalue weighted by Crippen LogP contribution is -1.99. The average molecular weight is 577 g/mol. The number of imidazole rings is 1. The highest BCUT2D eigenvalue weighted by molar-refractivity contribution is 7.18. The van der Waals surface area contributed by atoms with Gasteiger partial charge in [-0.2, -0.15) is 0 Å². The number of aryl methyl sites for hydroxylation is 1. The molecule has 0 amide bonds. The van der Waals surface area contributed by atoms with E-state index in [0.29, 0.717) is 38.7 Å². The first-order valence-electron chi connectivity index (χ1n) is 12.2. The maximum atomic E-state index is 11.2. The molecule has 4 aromatic heterocycles. The molecular weight excluding hydrogens is 552 g/mol. The number of hydrogen-bond donors (Lipinski definition) is 0. The van der Waals surface area contributed by atoms with Crippen molar-refractivity contribution >= 4 is 44.6 Å². The number of carbonyl (C=O) groups excluding carboxylic acids is 1. The van der Waals surface area contributed by atoms with Gasteiger partial charge in [0.1, 0.15) is 41.0 Å². The first-order chi connectivity index (χ1) is 19.4. The Kier molecular flexibility index (Phi) is 6.86. The second kappa shape index (κ2) is 10.6. The van der Waals surface area contributed by atoms with Crippen molar-refractivity contribution in [3.05, 3.63) is 64.8 Å². The smallest absolute Gasteiger partial charge is 0.302 e. The molecule has 0 spiro atoms. The van der Waals surface area contributed by atoms with Crippen LogP contribution in [0.1, 0.15) is 23.1 Å². The van der Waals surface area contributed by atoms with Crippen molar-refractivity contribution in [3.63, 3.8) is 0 Å². The maximum Gasteiger partial charge on any atom is 0.302 e. The molecule has 0 radical (unpaired) electrons. The minimum atomic E-state index is -0.311. The third-order valence-electron chi connectivity index (χ3n) is 6.13. The zero-order valence-corrected chi connectivity index (χ0v) is 23.7. The summed E-state index contributed by atoms with van der Waals surface area (Å²) in [5.74, 6) is 1.50. The summed E-state index contributed by atoms with van der Waals surface area (Å²) in [7, 11) is 3.18. The van der Waals surface area contributed by atoms with E-state index in [0.717, 1.165) is 32.1 Å². The number of aromatic nitrogens is 4. The van der Waals surface area contributed by atoms with Gasteiger partial charge >= 0.3 is 5.97 Å². The van der Waals surface area contributed by atoms with Gasteiger partial charge in [0.25, 0.3) is 5.19 Å². The van der Waals surface area contributed by atoms with Crippen molar-refractivity contribution in [1.82, 2.24) is 19.6 Å². The molecule has 2 aromatic carbocycles. The molecule has 0 bridgehead atoms. The van der Waals surface area contributed by atoms with Gasteiger partial charge in [0.15, 0.2) is 5.76 Å². The molecule has 0 atom stereocenters. The zero-order valence-electron chi connectivity index (χ0n) is 22.1. The summed E-state index contributed by atoms with van der Waals surface area (Å²) in [4.78, 5) is 22.4. The third kappa shape index (κ3) is 5.10. The van der Waals surface area contributed by atoms with Crippen LogP contribution in [0.3, 0.4) is 0 Å². The summed E-state index contributed by atoms with van der Waals surface area (Å²) in [5, 5.41) is 6.53. The maximum absolute atomic E-state index is 11.2. The summed E-state index contributed by atoms with van der Waals surface area (Å²) < 4.78 is 29.9. The third-order valence-corrected chi connectivity index (χ3v) is 8.08. The van der Waals surface area contributed by atoms with E-state index in [4.69, 9.17) is 28.3 Å². The average Bonchev–Trinajstić information content (AvgIpc) is 3.72. The van der Waals surface area contributed by atoms with Crippen LogP contribution in [-0.4, -0.2) is 39.8 Å². The normalized spacial score (nSPS) is 11.3. The number of nitrogens with zero attached hydrogens (tertiary/aromatic N) is 4. The number of carbonyl (C=O) groups is 1. The highest BCUT2D eigenvalue weighted by Gasteiger charge is 2.18. The number of furan rings is 1. The first kappa shape index (κ1) is 25.8. The van der Waals surface area contributed by atoms with Crippen LogP contribution in [0.15, 0.2) is 53.1 Å². The molecule has 0 saturated carbocycles. The Morgan fingerprint density at radius 2 is 1.93 bits per heavy atom.